The highest BCUT2D eigenvalue weighted by Gasteiger charge is 2.15. The zero-order chi connectivity index (χ0) is 15.5. The molecule has 3 N–H and O–H groups in total. The molecule has 0 saturated carbocycles. The summed E-state index contributed by atoms with van der Waals surface area (Å²) in [7, 11) is -3.81. The van der Waals surface area contributed by atoms with Crippen molar-refractivity contribution in [3.05, 3.63) is 36.4 Å². The van der Waals surface area contributed by atoms with E-state index in [1.165, 1.54) is 29.5 Å². The molecular weight excluding hydrogens is 294 g/mol. The maximum Gasteiger partial charge on any atom is 0.238 e. The third-order valence-corrected chi connectivity index (χ3v) is 3.95. The first kappa shape index (κ1) is 15.1. The predicted molar refractivity (Wildman–Crippen MR) is 75.8 cm³/mol. The Hall–Kier alpha value is -2.26. The van der Waals surface area contributed by atoms with E-state index in [0.717, 1.165) is 0 Å². The molecule has 0 saturated heterocycles. The first-order chi connectivity index (χ1) is 9.88. The van der Waals surface area contributed by atoms with E-state index in [4.69, 9.17) is 5.14 Å². The minimum Gasteiger partial charge on any atom is -0.326 e. The lowest BCUT2D eigenvalue weighted by atomic mass is 10.2. The highest BCUT2D eigenvalue weighted by Crippen LogP contribution is 2.22. The van der Waals surface area contributed by atoms with E-state index >= 15 is 0 Å². The van der Waals surface area contributed by atoms with Crippen LogP contribution in [0.25, 0.3) is 0 Å². The molecule has 0 aliphatic heterocycles. The summed E-state index contributed by atoms with van der Waals surface area (Å²) >= 11 is 0. The van der Waals surface area contributed by atoms with E-state index in [1.807, 2.05) is 0 Å². The molecule has 0 bridgehead atoms. The number of nitrogens with two attached hydrogens (primary N) is 1. The molecule has 9 heteroatoms. The molecule has 0 fully saturated rings. The number of nitrogens with one attached hydrogen (secondary N) is 1. The van der Waals surface area contributed by atoms with Gasteiger partial charge < -0.3 is 5.32 Å². The Bertz CT molecular complexity index is 740. The Morgan fingerprint density at radius 1 is 1.43 bits per heavy atom. The topological polar surface area (TPSA) is 120 Å². The summed E-state index contributed by atoms with van der Waals surface area (Å²) in [6.07, 6.45) is 3.10. The summed E-state index contributed by atoms with van der Waals surface area (Å²) in [5, 5.41) is 11.7. The molecule has 1 heterocycles. The molecule has 0 aliphatic carbocycles. The van der Waals surface area contributed by atoms with Crippen molar-refractivity contribution in [1.82, 2.24) is 14.8 Å². The van der Waals surface area contributed by atoms with Gasteiger partial charge in [0.1, 0.15) is 12.7 Å². The summed E-state index contributed by atoms with van der Waals surface area (Å²) in [6, 6.07) is 4.55. The molecule has 0 radical (unpaired) electrons. The second-order valence-electron chi connectivity index (χ2n) is 4.43. The Kier molecular flexibility index (Phi) is 4.34. The normalized spacial score (nSPS) is 11.3. The molecule has 1 amide bonds. The number of nitrogens with zero attached hydrogens (tertiary/aromatic N) is 3. The van der Waals surface area contributed by atoms with Crippen molar-refractivity contribution >= 4 is 21.6 Å². The fourth-order valence-electron chi connectivity index (χ4n) is 1.84. The summed E-state index contributed by atoms with van der Waals surface area (Å²) in [4.78, 5) is 15.6. The first-order valence-corrected chi connectivity index (χ1v) is 7.67. The van der Waals surface area contributed by atoms with Crippen LogP contribution >= 0.6 is 0 Å². The average molecular weight is 309 g/mol. The lowest BCUT2D eigenvalue weighted by molar-refractivity contribution is -0.116. The average Bonchev–Trinajstić information content (AvgIpc) is 2.90. The summed E-state index contributed by atoms with van der Waals surface area (Å²) < 4.78 is 24.4. The molecule has 2 rings (SSSR count). The standard InChI is InChI=1S/C12H15N5O3S/c1-9-10(3-2-4-11(9)21(13,19)20)16-12(18)5-6-17-8-14-7-15-17/h2-4,7-8H,5-6H2,1H3,(H,16,18)(H2,13,19,20). The largest absolute Gasteiger partial charge is 0.326 e. The van der Waals surface area contributed by atoms with Crippen molar-refractivity contribution in [3.63, 3.8) is 0 Å². The van der Waals surface area contributed by atoms with E-state index < -0.39 is 10.0 Å². The molecule has 1 aromatic heterocycles. The summed E-state index contributed by atoms with van der Waals surface area (Å²) in [6.45, 7) is 1.98. The third-order valence-electron chi connectivity index (χ3n) is 2.90. The van der Waals surface area contributed by atoms with Gasteiger partial charge in [-0.25, -0.2) is 18.5 Å². The van der Waals surface area contributed by atoms with E-state index in [9.17, 15) is 13.2 Å². The van der Waals surface area contributed by atoms with E-state index in [-0.39, 0.29) is 17.2 Å². The number of carbonyl (C=O) groups is 1. The Morgan fingerprint density at radius 2 is 2.19 bits per heavy atom. The van der Waals surface area contributed by atoms with Gasteiger partial charge in [-0.1, -0.05) is 6.07 Å². The molecule has 0 spiro atoms. The van der Waals surface area contributed by atoms with E-state index in [2.05, 4.69) is 15.4 Å². The number of benzene rings is 1. The zero-order valence-corrected chi connectivity index (χ0v) is 12.2. The van der Waals surface area contributed by atoms with Crippen LogP contribution in [0.2, 0.25) is 0 Å². The maximum absolute atomic E-state index is 11.9. The van der Waals surface area contributed by atoms with Crippen LogP contribution in [0.1, 0.15) is 12.0 Å². The number of anilines is 1. The Balaban J connectivity index is 2.07. The monoisotopic (exact) mass is 309 g/mol. The molecule has 0 atom stereocenters. The Morgan fingerprint density at radius 3 is 2.81 bits per heavy atom. The van der Waals surface area contributed by atoms with Crippen molar-refractivity contribution in [2.24, 2.45) is 5.14 Å². The number of hydrogen-bond donors (Lipinski definition) is 2. The van der Waals surface area contributed by atoms with Crippen LogP contribution in [-0.2, 0) is 21.4 Å². The van der Waals surface area contributed by atoms with Gasteiger partial charge in [-0.3, -0.25) is 9.48 Å². The first-order valence-electron chi connectivity index (χ1n) is 6.12. The fourth-order valence-corrected chi connectivity index (χ4v) is 2.64. The molecule has 1 aromatic carbocycles. The smallest absolute Gasteiger partial charge is 0.238 e. The number of sulfonamides is 1. The summed E-state index contributed by atoms with van der Waals surface area (Å²) in [5.41, 5.74) is 0.833. The fraction of sp³-hybridized carbons (Fsp3) is 0.250. The van der Waals surface area contributed by atoms with Crippen molar-refractivity contribution in [3.8, 4) is 0 Å². The zero-order valence-electron chi connectivity index (χ0n) is 11.4. The highest BCUT2D eigenvalue weighted by molar-refractivity contribution is 7.89. The quantitative estimate of drug-likeness (QED) is 0.821. The maximum atomic E-state index is 11.9. The van der Waals surface area contributed by atoms with Gasteiger partial charge in [0.05, 0.1) is 11.4 Å². The predicted octanol–water partition coefficient (Wildman–Crippen LogP) is 0.263. The van der Waals surface area contributed by atoms with Crippen LogP contribution in [0.4, 0.5) is 5.69 Å². The van der Waals surface area contributed by atoms with Gasteiger partial charge in [0.2, 0.25) is 15.9 Å². The number of aryl methyl sites for hydroxylation is 1. The minimum absolute atomic E-state index is 0.00317. The van der Waals surface area contributed by atoms with E-state index in [1.54, 1.807) is 13.0 Å². The molecule has 21 heavy (non-hydrogen) atoms. The second kappa shape index (κ2) is 6.02. The van der Waals surface area contributed by atoms with Gasteiger partial charge in [-0.05, 0) is 24.6 Å². The molecular formula is C12H15N5O3S. The minimum atomic E-state index is -3.81. The highest BCUT2D eigenvalue weighted by atomic mass is 32.2. The molecule has 0 unspecified atom stereocenters. The van der Waals surface area contributed by atoms with Crippen LogP contribution in [-0.4, -0.2) is 29.1 Å². The summed E-state index contributed by atoms with van der Waals surface area (Å²) in [5.74, 6) is -0.250. The lowest BCUT2D eigenvalue weighted by Gasteiger charge is -2.11. The number of amides is 1. The number of aromatic nitrogens is 3. The van der Waals surface area contributed by atoms with Crippen molar-refractivity contribution in [2.45, 2.75) is 24.8 Å². The molecule has 8 nitrogen and oxygen atoms in total. The SMILES string of the molecule is Cc1c(NC(=O)CCn2cncn2)cccc1S(N)(=O)=O. The molecule has 2 aromatic rings. The van der Waals surface area contributed by atoms with Crippen LogP contribution < -0.4 is 10.5 Å². The number of carbonyl (C=O) groups excluding carboxylic acids is 1. The van der Waals surface area contributed by atoms with E-state index in [0.29, 0.717) is 17.8 Å². The molecule has 0 aliphatic rings. The van der Waals surface area contributed by atoms with Gasteiger partial charge in [-0.2, -0.15) is 5.10 Å². The number of hydrogen-bond acceptors (Lipinski definition) is 5. The second-order valence-corrected chi connectivity index (χ2v) is 5.96. The third kappa shape index (κ3) is 3.86. The van der Waals surface area contributed by atoms with Gasteiger partial charge in [0, 0.05) is 12.1 Å². The van der Waals surface area contributed by atoms with Crippen LogP contribution in [0.5, 0.6) is 0 Å². The molecule has 112 valence electrons. The number of primary sulfonamides is 1. The van der Waals surface area contributed by atoms with Crippen LogP contribution in [0.15, 0.2) is 35.7 Å². The lowest BCUT2D eigenvalue weighted by Crippen LogP contribution is -2.18. The van der Waals surface area contributed by atoms with Gasteiger partial charge in [0.15, 0.2) is 0 Å². The van der Waals surface area contributed by atoms with Crippen LogP contribution in [0, 0.1) is 6.92 Å². The van der Waals surface area contributed by atoms with Gasteiger partial charge in [-0.15, -0.1) is 0 Å². The van der Waals surface area contributed by atoms with Gasteiger partial charge >= 0.3 is 0 Å². The van der Waals surface area contributed by atoms with Crippen molar-refractivity contribution < 1.29 is 13.2 Å². The number of rotatable bonds is 5. The Labute approximate surface area is 122 Å². The van der Waals surface area contributed by atoms with Crippen LogP contribution in [0.3, 0.4) is 0 Å². The van der Waals surface area contributed by atoms with Gasteiger partial charge in [0.25, 0.3) is 0 Å². The van der Waals surface area contributed by atoms with Crippen molar-refractivity contribution in [1.29, 1.82) is 0 Å². The van der Waals surface area contributed by atoms with Crippen molar-refractivity contribution in [2.75, 3.05) is 5.32 Å².